The van der Waals surface area contributed by atoms with E-state index in [1.165, 1.54) is 16.0 Å². The minimum atomic E-state index is 0. The Morgan fingerprint density at radius 2 is 2.12 bits per heavy atom. The molecule has 0 bridgehead atoms. The fourth-order valence-electron chi connectivity index (χ4n) is 3.17. The Morgan fingerprint density at radius 3 is 2.75 bits per heavy atom. The van der Waals surface area contributed by atoms with Crippen molar-refractivity contribution in [3.05, 3.63) is 57.8 Å². The summed E-state index contributed by atoms with van der Waals surface area (Å²) in [5.74, 6) is 0.285. The molecule has 1 saturated heterocycles. The maximum atomic E-state index is 12.7. The van der Waals surface area contributed by atoms with Crippen molar-refractivity contribution in [1.29, 1.82) is 0 Å². The molecule has 1 amide bonds. The number of carbonyl (C=O) groups excluding carboxylic acids is 1. The van der Waals surface area contributed by atoms with Gasteiger partial charge in [0.25, 0.3) is 0 Å². The van der Waals surface area contributed by atoms with Crippen molar-refractivity contribution < 1.29 is 4.79 Å². The van der Waals surface area contributed by atoms with Gasteiger partial charge in [-0.25, -0.2) is 0 Å². The fraction of sp³-hybridized carbons (Fsp3) is 0.421. The lowest BCUT2D eigenvalue weighted by Crippen LogP contribution is -2.42. The zero-order chi connectivity index (χ0) is 16.1. The van der Waals surface area contributed by atoms with E-state index in [4.69, 9.17) is 0 Å². The molecule has 1 aliphatic heterocycles. The van der Waals surface area contributed by atoms with E-state index in [0.29, 0.717) is 0 Å². The van der Waals surface area contributed by atoms with E-state index in [0.717, 1.165) is 32.4 Å². The average Bonchev–Trinajstić information content (AvgIpc) is 3.02. The third kappa shape index (κ3) is 4.82. The summed E-state index contributed by atoms with van der Waals surface area (Å²) in [6.45, 7) is 3.95. The van der Waals surface area contributed by atoms with E-state index in [2.05, 4.69) is 53.3 Å². The molecule has 0 spiro atoms. The van der Waals surface area contributed by atoms with Gasteiger partial charge < -0.3 is 10.6 Å². The number of piperidine rings is 1. The molecule has 1 aliphatic rings. The van der Waals surface area contributed by atoms with Crippen molar-refractivity contribution in [2.24, 2.45) is 5.92 Å². The second-order valence-electron chi connectivity index (χ2n) is 6.26. The minimum Gasteiger partial charge on any atom is -0.348 e. The van der Waals surface area contributed by atoms with Crippen molar-refractivity contribution in [1.82, 2.24) is 10.6 Å². The topological polar surface area (TPSA) is 41.1 Å². The van der Waals surface area contributed by atoms with Crippen LogP contribution in [-0.2, 0) is 11.2 Å². The molecule has 2 aromatic rings. The number of nitrogens with one attached hydrogen (secondary N) is 2. The number of hydrogen-bond donors (Lipinski definition) is 2. The summed E-state index contributed by atoms with van der Waals surface area (Å²) >= 11 is 1.74. The summed E-state index contributed by atoms with van der Waals surface area (Å²) in [7, 11) is 0. The maximum absolute atomic E-state index is 12.7. The van der Waals surface area contributed by atoms with Gasteiger partial charge in [0.05, 0.1) is 12.0 Å². The van der Waals surface area contributed by atoms with Crippen molar-refractivity contribution >= 4 is 29.7 Å². The molecular weight excluding hydrogens is 340 g/mol. The second-order valence-corrected chi connectivity index (χ2v) is 7.21. The molecule has 130 valence electrons. The summed E-state index contributed by atoms with van der Waals surface area (Å²) in [5.41, 5.74) is 2.52. The molecule has 1 aromatic heterocycles. The Balaban J connectivity index is 0.00000208. The maximum Gasteiger partial charge on any atom is 0.224 e. The molecule has 0 saturated carbocycles. The van der Waals surface area contributed by atoms with Crippen LogP contribution in [0.5, 0.6) is 0 Å². The zero-order valence-corrected chi connectivity index (χ0v) is 15.6. The first kappa shape index (κ1) is 19.0. The Bertz CT molecular complexity index is 638. The number of benzene rings is 1. The first-order valence-electron chi connectivity index (χ1n) is 8.33. The van der Waals surface area contributed by atoms with Gasteiger partial charge in [0.1, 0.15) is 0 Å². The Morgan fingerprint density at radius 1 is 1.33 bits per heavy atom. The summed E-state index contributed by atoms with van der Waals surface area (Å²) in [6, 6.07) is 12.6. The van der Waals surface area contributed by atoms with E-state index in [1.54, 1.807) is 11.3 Å². The van der Waals surface area contributed by atoms with Crippen LogP contribution in [0.15, 0.2) is 41.8 Å². The van der Waals surface area contributed by atoms with E-state index in [-0.39, 0.29) is 30.3 Å². The van der Waals surface area contributed by atoms with Gasteiger partial charge in [-0.3, -0.25) is 4.79 Å². The van der Waals surface area contributed by atoms with Crippen LogP contribution in [0.1, 0.15) is 34.9 Å². The van der Waals surface area contributed by atoms with Gasteiger partial charge in [0.2, 0.25) is 5.91 Å². The molecule has 2 atom stereocenters. The number of hydrogen-bond acceptors (Lipinski definition) is 3. The Hall–Kier alpha value is -1.36. The van der Waals surface area contributed by atoms with Crippen LogP contribution >= 0.6 is 23.7 Å². The highest BCUT2D eigenvalue weighted by Gasteiger charge is 2.25. The molecule has 5 heteroatoms. The number of halogens is 1. The standard InChI is InChI=1S/C19H24N2OS.ClH/c1-14-9-11-23-18(14)17(12-15-6-3-2-4-7-15)21-19(22)16-8-5-10-20-13-16;/h2-4,6-7,9,11,16-17,20H,5,8,10,12-13H2,1H3,(H,21,22);1H. The van der Waals surface area contributed by atoms with E-state index in [1.807, 2.05) is 6.07 Å². The number of thiophene rings is 1. The van der Waals surface area contributed by atoms with Crippen LogP contribution in [0.4, 0.5) is 0 Å². The highest BCUT2D eigenvalue weighted by atomic mass is 35.5. The number of amides is 1. The van der Waals surface area contributed by atoms with Gasteiger partial charge in [0, 0.05) is 11.4 Å². The molecule has 3 nitrogen and oxygen atoms in total. The minimum absolute atomic E-state index is 0. The van der Waals surface area contributed by atoms with Crippen LogP contribution in [0.3, 0.4) is 0 Å². The Labute approximate surface area is 154 Å². The van der Waals surface area contributed by atoms with E-state index in [9.17, 15) is 4.79 Å². The van der Waals surface area contributed by atoms with Crippen molar-refractivity contribution in [2.75, 3.05) is 13.1 Å². The predicted octanol–water partition coefficient (Wildman–Crippen LogP) is 3.88. The molecule has 1 aromatic carbocycles. The van der Waals surface area contributed by atoms with Crippen LogP contribution in [0.25, 0.3) is 0 Å². The van der Waals surface area contributed by atoms with Gasteiger partial charge in [-0.15, -0.1) is 23.7 Å². The van der Waals surface area contributed by atoms with Gasteiger partial charge >= 0.3 is 0 Å². The van der Waals surface area contributed by atoms with Crippen LogP contribution < -0.4 is 10.6 Å². The molecule has 24 heavy (non-hydrogen) atoms. The predicted molar refractivity (Wildman–Crippen MR) is 103 cm³/mol. The molecule has 1 fully saturated rings. The SMILES string of the molecule is Cc1ccsc1C(Cc1ccccc1)NC(=O)C1CCCNC1.Cl. The highest BCUT2D eigenvalue weighted by Crippen LogP contribution is 2.27. The monoisotopic (exact) mass is 364 g/mol. The third-order valence-electron chi connectivity index (χ3n) is 4.49. The third-order valence-corrected chi connectivity index (χ3v) is 5.62. The number of aryl methyl sites for hydroxylation is 1. The number of carbonyl (C=O) groups is 1. The van der Waals surface area contributed by atoms with Crippen molar-refractivity contribution in [2.45, 2.75) is 32.2 Å². The van der Waals surface area contributed by atoms with Crippen molar-refractivity contribution in [3.63, 3.8) is 0 Å². The van der Waals surface area contributed by atoms with Crippen LogP contribution in [0.2, 0.25) is 0 Å². The van der Waals surface area contributed by atoms with E-state index >= 15 is 0 Å². The lowest BCUT2D eigenvalue weighted by atomic mass is 9.97. The lowest BCUT2D eigenvalue weighted by Gasteiger charge is -2.25. The van der Waals surface area contributed by atoms with Gasteiger partial charge in [-0.05, 0) is 55.3 Å². The summed E-state index contributed by atoms with van der Waals surface area (Å²) in [6.07, 6.45) is 2.91. The highest BCUT2D eigenvalue weighted by molar-refractivity contribution is 7.10. The quantitative estimate of drug-likeness (QED) is 0.845. The molecule has 0 aliphatic carbocycles. The largest absolute Gasteiger partial charge is 0.348 e. The van der Waals surface area contributed by atoms with Gasteiger partial charge in [-0.1, -0.05) is 30.3 Å². The first-order chi connectivity index (χ1) is 11.2. The van der Waals surface area contributed by atoms with Crippen molar-refractivity contribution in [3.8, 4) is 0 Å². The molecule has 2 heterocycles. The fourth-order valence-corrected chi connectivity index (χ4v) is 4.14. The summed E-state index contributed by atoms with van der Waals surface area (Å²) in [5, 5.41) is 8.74. The van der Waals surface area contributed by atoms with Gasteiger partial charge in [0.15, 0.2) is 0 Å². The second kappa shape index (κ2) is 9.21. The smallest absolute Gasteiger partial charge is 0.224 e. The number of rotatable bonds is 5. The van der Waals surface area contributed by atoms with E-state index < -0.39 is 0 Å². The van der Waals surface area contributed by atoms with Crippen LogP contribution in [-0.4, -0.2) is 19.0 Å². The lowest BCUT2D eigenvalue weighted by molar-refractivity contribution is -0.126. The molecule has 2 unspecified atom stereocenters. The zero-order valence-electron chi connectivity index (χ0n) is 14.0. The molecule has 2 N–H and O–H groups in total. The Kier molecular flexibility index (Phi) is 7.28. The summed E-state index contributed by atoms with van der Waals surface area (Å²) in [4.78, 5) is 13.9. The molecule has 0 radical (unpaired) electrons. The normalized spacial score (nSPS) is 18.5. The van der Waals surface area contributed by atoms with Gasteiger partial charge in [-0.2, -0.15) is 0 Å². The average molecular weight is 365 g/mol. The molecule has 3 rings (SSSR count). The summed E-state index contributed by atoms with van der Waals surface area (Å²) < 4.78 is 0. The first-order valence-corrected chi connectivity index (χ1v) is 9.21. The van der Waals surface area contributed by atoms with Crippen LogP contribution in [0, 0.1) is 12.8 Å². The molecular formula is C19H25ClN2OS.